The molecule has 1 N–H and O–H groups in total. The lowest BCUT2D eigenvalue weighted by molar-refractivity contribution is -0.137. The molecule has 2 heterocycles. The number of alkyl halides is 3. The van der Waals surface area contributed by atoms with Crippen LogP contribution in [-0.2, 0) is 32.8 Å². The van der Waals surface area contributed by atoms with Crippen LogP contribution >= 0.6 is 0 Å². The SMILES string of the molecule is COCCc1cc(C(F)(F)F)ccc1[C@]1(C)CCOc2cc(S(=O)(=O)Nc3cccnn3)ccc21. The van der Waals surface area contributed by atoms with Crippen LogP contribution in [0.5, 0.6) is 5.75 Å². The maximum Gasteiger partial charge on any atom is 0.416 e. The normalized spacial score (nSPS) is 18.0. The third-order valence-corrected chi connectivity index (χ3v) is 7.48. The summed E-state index contributed by atoms with van der Waals surface area (Å²) in [6, 6.07) is 11.3. The second-order valence-corrected chi connectivity index (χ2v) is 10.1. The highest BCUT2D eigenvalue weighted by molar-refractivity contribution is 7.92. The molecule has 0 fully saturated rings. The van der Waals surface area contributed by atoms with Gasteiger partial charge in [0, 0.05) is 30.4 Å². The highest BCUT2D eigenvalue weighted by Crippen LogP contribution is 2.46. The lowest BCUT2D eigenvalue weighted by Crippen LogP contribution is -2.33. The van der Waals surface area contributed by atoms with E-state index in [4.69, 9.17) is 9.47 Å². The summed E-state index contributed by atoms with van der Waals surface area (Å²) in [4.78, 5) is -0.0295. The summed E-state index contributed by atoms with van der Waals surface area (Å²) in [5.74, 6) is 0.432. The van der Waals surface area contributed by atoms with Crippen molar-refractivity contribution in [3.63, 3.8) is 0 Å². The van der Waals surface area contributed by atoms with Gasteiger partial charge in [-0.1, -0.05) is 19.1 Å². The van der Waals surface area contributed by atoms with Crippen molar-refractivity contribution in [2.75, 3.05) is 25.0 Å². The number of rotatable bonds is 7. The molecule has 0 radical (unpaired) electrons. The van der Waals surface area contributed by atoms with Crippen molar-refractivity contribution < 1.29 is 31.1 Å². The molecule has 1 aromatic heterocycles. The van der Waals surface area contributed by atoms with Crippen molar-refractivity contribution >= 4 is 15.8 Å². The maximum atomic E-state index is 13.4. The quantitative estimate of drug-likeness (QED) is 0.504. The Bertz CT molecular complexity index is 1320. The van der Waals surface area contributed by atoms with Crippen LogP contribution in [-0.4, -0.2) is 38.9 Å². The van der Waals surface area contributed by atoms with Crippen LogP contribution in [0.25, 0.3) is 0 Å². The van der Waals surface area contributed by atoms with Crippen LogP contribution in [0.1, 0.15) is 35.6 Å². The van der Waals surface area contributed by atoms with Crippen molar-refractivity contribution in [1.82, 2.24) is 10.2 Å². The van der Waals surface area contributed by atoms with Gasteiger partial charge in [-0.2, -0.15) is 18.3 Å². The van der Waals surface area contributed by atoms with E-state index in [1.807, 2.05) is 6.92 Å². The number of hydrogen-bond donors (Lipinski definition) is 1. The molecule has 35 heavy (non-hydrogen) atoms. The number of hydrogen-bond acceptors (Lipinski definition) is 6. The third-order valence-electron chi connectivity index (χ3n) is 6.13. The van der Waals surface area contributed by atoms with Crippen LogP contribution < -0.4 is 9.46 Å². The van der Waals surface area contributed by atoms with E-state index in [1.54, 1.807) is 12.1 Å². The molecule has 1 atom stereocenters. The molecule has 1 aliphatic heterocycles. The van der Waals surface area contributed by atoms with Crippen LogP contribution in [0, 0.1) is 0 Å². The second kappa shape index (κ2) is 9.46. The van der Waals surface area contributed by atoms with Gasteiger partial charge in [-0.15, -0.1) is 5.10 Å². The van der Waals surface area contributed by atoms with E-state index >= 15 is 0 Å². The largest absolute Gasteiger partial charge is 0.493 e. The molecular formula is C24H24F3N3O4S. The number of benzene rings is 2. The van der Waals surface area contributed by atoms with Crippen LogP contribution in [0.15, 0.2) is 59.6 Å². The molecular weight excluding hydrogens is 483 g/mol. The first-order valence-corrected chi connectivity index (χ1v) is 12.3. The van der Waals surface area contributed by atoms with E-state index in [0.29, 0.717) is 29.7 Å². The summed E-state index contributed by atoms with van der Waals surface area (Å²) in [5, 5.41) is 7.39. The van der Waals surface area contributed by atoms with Crippen LogP contribution in [0.3, 0.4) is 0 Å². The Morgan fingerprint density at radius 3 is 2.60 bits per heavy atom. The number of halogens is 3. The number of sulfonamides is 1. The molecule has 186 valence electrons. The summed E-state index contributed by atoms with van der Waals surface area (Å²) >= 11 is 0. The summed E-state index contributed by atoms with van der Waals surface area (Å²) in [6.07, 6.45) is -2.23. The number of nitrogens with zero attached hydrogens (tertiary/aromatic N) is 2. The zero-order valence-corrected chi connectivity index (χ0v) is 19.9. The molecule has 3 aromatic rings. The monoisotopic (exact) mass is 507 g/mol. The molecule has 0 aliphatic carbocycles. The summed E-state index contributed by atoms with van der Waals surface area (Å²) in [5.41, 5.74) is 0.528. The van der Waals surface area contributed by atoms with Gasteiger partial charge < -0.3 is 9.47 Å². The van der Waals surface area contributed by atoms with Gasteiger partial charge in [0.05, 0.1) is 23.7 Å². The van der Waals surface area contributed by atoms with Gasteiger partial charge in [-0.05, 0) is 54.3 Å². The Morgan fingerprint density at radius 2 is 1.91 bits per heavy atom. The maximum absolute atomic E-state index is 13.4. The van der Waals surface area contributed by atoms with Crippen molar-refractivity contribution in [1.29, 1.82) is 0 Å². The minimum atomic E-state index is -4.46. The van der Waals surface area contributed by atoms with Crippen molar-refractivity contribution in [2.24, 2.45) is 0 Å². The molecule has 0 saturated carbocycles. The Kier molecular flexibility index (Phi) is 6.74. The fourth-order valence-corrected chi connectivity index (χ4v) is 5.32. The molecule has 0 bridgehead atoms. The molecule has 2 aromatic carbocycles. The van der Waals surface area contributed by atoms with E-state index in [9.17, 15) is 21.6 Å². The number of methoxy groups -OCH3 is 1. The van der Waals surface area contributed by atoms with Gasteiger partial charge in [0.15, 0.2) is 5.82 Å². The van der Waals surface area contributed by atoms with Gasteiger partial charge in [-0.25, -0.2) is 8.42 Å². The lowest BCUT2D eigenvalue weighted by atomic mass is 9.70. The van der Waals surface area contributed by atoms with Gasteiger partial charge in [0.25, 0.3) is 10.0 Å². The molecule has 0 saturated heterocycles. The van der Waals surface area contributed by atoms with Crippen molar-refractivity contribution in [3.8, 4) is 5.75 Å². The van der Waals surface area contributed by atoms with Gasteiger partial charge in [0.1, 0.15) is 5.75 Å². The molecule has 0 amide bonds. The molecule has 4 rings (SSSR count). The van der Waals surface area contributed by atoms with E-state index in [2.05, 4.69) is 14.9 Å². The fraction of sp³-hybridized carbons (Fsp3) is 0.333. The first-order valence-electron chi connectivity index (χ1n) is 10.8. The van der Waals surface area contributed by atoms with E-state index < -0.39 is 27.2 Å². The predicted molar refractivity (Wildman–Crippen MR) is 123 cm³/mol. The van der Waals surface area contributed by atoms with Crippen molar-refractivity contribution in [3.05, 3.63) is 77.0 Å². The fourth-order valence-electron chi connectivity index (χ4n) is 4.30. The average molecular weight is 508 g/mol. The zero-order valence-electron chi connectivity index (χ0n) is 19.1. The number of nitrogens with one attached hydrogen (secondary N) is 1. The number of ether oxygens (including phenoxy) is 2. The average Bonchev–Trinajstić information content (AvgIpc) is 2.82. The molecule has 11 heteroatoms. The topological polar surface area (TPSA) is 90.4 Å². The summed E-state index contributed by atoms with van der Waals surface area (Å²) < 4.78 is 79.2. The van der Waals surface area contributed by atoms with Crippen LogP contribution in [0.4, 0.5) is 19.0 Å². The first kappa shape index (κ1) is 24.9. The number of anilines is 1. The highest BCUT2D eigenvalue weighted by Gasteiger charge is 2.39. The van der Waals surface area contributed by atoms with Gasteiger partial charge in [0.2, 0.25) is 0 Å². The molecule has 7 nitrogen and oxygen atoms in total. The van der Waals surface area contributed by atoms with Crippen molar-refractivity contribution in [2.45, 2.75) is 36.3 Å². The molecule has 0 spiro atoms. The first-order chi connectivity index (χ1) is 16.5. The summed E-state index contributed by atoms with van der Waals surface area (Å²) in [6.45, 7) is 2.47. The highest BCUT2D eigenvalue weighted by atomic mass is 32.2. The summed E-state index contributed by atoms with van der Waals surface area (Å²) in [7, 11) is -2.47. The predicted octanol–water partition coefficient (Wildman–Crippen LogP) is 4.57. The van der Waals surface area contributed by atoms with E-state index in [1.165, 1.54) is 43.6 Å². The molecule has 1 aliphatic rings. The smallest absolute Gasteiger partial charge is 0.416 e. The second-order valence-electron chi connectivity index (χ2n) is 8.42. The lowest BCUT2D eigenvalue weighted by Gasteiger charge is -2.38. The third kappa shape index (κ3) is 5.10. The van der Waals surface area contributed by atoms with Gasteiger partial charge in [-0.3, -0.25) is 4.72 Å². The standard InChI is InChI=1S/C24H24F3N3O4S/c1-23(19-7-5-17(24(25,26)27)14-16(19)9-12-33-2)10-13-34-21-15-18(6-8-20(21)23)35(31,32)30-22-4-3-11-28-29-22/h3-8,11,14-15H,9-10,12-13H2,1-2H3,(H,29,30)/t23-/m0/s1. The van der Waals surface area contributed by atoms with Crippen LogP contribution in [0.2, 0.25) is 0 Å². The zero-order chi connectivity index (χ0) is 25.3. The Morgan fingerprint density at radius 1 is 1.14 bits per heavy atom. The minimum absolute atomic E-state index is 0.0295. The number of fused-ring (bicyclic) bond motifs is 1. The Labute approximate surface area is 201 Å². The minimum Gasteiger partial charge on any atom is -0.493 e. The Hall–Kier alpha value is -3.18. The number of aromatic nitrogens is 2. The van der Waals surface area contributed by atoms with E-state index in [-0.39, 0.29) is 23.9 Å². The molecule has 0 unspecified atom stereocenters. The van der Waals surface area contributed by atoms with Gasteiger partial charge >= 0.3 is 6.18 Å². The Balaban J connectivity index is 1.75. The van der Waals surface area contributed by atoms with E-state index in [0.717, 1.165) is 11.6 Å².